The van der Waals surface area contributed by atoms with Gasteiger partial charge in [0.05, 0.1) is 7.11 Å². The molecule has 0 heterocycles. The predicted octanol–water partition coefficient (Wildman–Crippen LogP) is 6.33. The molecule has 0 radical (unpaired) electrons. The second kappa shape index (κ2) is 8.84. The van der Waals surface area contributed by atoms with Gasteiger partial charge in [0.15, 0.2) is 11.5 Å². The number of hydrogen-bond acceptors (Lipinski definition) is 4. The molecule has 4 nitrogen and oxygen atoms in total. The van der Waals surface area contributed by atoms with E-state index in [2.05, 4.69) is 6.07 Å². The van der Waals surface area contributed by atoms with Crippen LogP contribution in [0.4, 0.5) is 0 Å². The molecule has 0 aliphatic rings. The maximum Gasteiger partial charge on any atom is 0.161 e. The fourth-order valence-corrected chi connectivity index (χ4v) is 3.58. The number of ether oxygens (including phenoxy) is 2. The molecule has 0 spiro atoms. The zero-order valence-corrected chi connectivity index (χ0v) is 17.5. The molecule has 2 N–H and O–H groups in total. The molecule has 0 aliphatic heterocycles. The summed E-state index contributed by atoms with van der Waals surface area (Å²) in [6, 6.07) is 26.3. The Hall–Kier alpha value is -3.92. The topological polar surface area (TPSA) is 58.9 Å². The van der Waals surface area contributed by atoms with Gasteiger partial charge >= 0.3 is 0 Å². The summed E-state index contributed by atoms with van der Waals surface area (Å²) in [5.74, 6) is 1.48. The van der Waals surface area contributed by atoms with Gasteiger partial charge in [-0.15, -0.1) is 0 Å². The average Bonchev–Trinajstić information content (AvgIpc) is 2.79. The number of rotatable bonds is 6. The highest BCUT2D eigenvalue weighted by molar-refractivity contribution is 5.79. The van der Waals surface area contributed by atoms with E-state index in [1.165, 1.54) is 0 Å². The minimum Gasteiger partial charge on any atom is -0.508 e. The van der Waals surface area contributed by atoms with Crippen LogP contribution in [0.3, 0.4) is 0 Å². The van der Waals surface area contributed by atoms with E-state index in [1.807, 2.05) is 61.5 Å². The Labute approximate surface area is 182 Å². The number of phenols is 2. The molecule has 156 valence electrons. The molecule has 4 aromatic rings. The third kappa shape index (κ3) is 4.48. The standard InChI is InChI=1S/C27H24O4/c1-18-14-24(20-8-11-22(28)12-9-20)27(30-2)16-23(18)21-10-13-26(25(29)15-21)31-17-19-6-4-3-5-7-19/h3-16,28-29H,17H2,1-2H3. The van der Waals surface area contributed by atoms with E-state index in [1.54, 1.807) is 31.4 Å². The lowest BCUT2D eigenvalue weighted by atomic mass is 9.94. The van der Waals surface area contributed by atoms with Crippen molar-refractivity contribution >= 4 is 0 Å². The molecule has 0 aromatic heterocycles. The van der Waals surface area contributed by atoms with E-state index < -0.39 is 0 Å². The first-order valence-electron chi connectivity index (χ1n) is 10.0. The fourth-order valence-electron chi connectivity index (χ4n) is 3.58. The zero-order chi connectivity index (χ0) is 21.8. The van der Waals surface area contributed by atoms with Crippen molar-refractivity contribution in [3.8, 4) is 45.3 Å². The molecule has 4 aromatic carbocycles. The second-order valence-corrected chi connectivity index (χ2v) is 7.37. The molecule has 0 saturated heterocycles. The Morgan fingerprint density at radius 1 is 0.710 bits per heavy atom. The van der Waals surface area contributed by atoms with Crippen molar-refractivity contribution in [2.24, 2.45) is 0 Å². The first-order valence-corrected chi connectivity index (χ1v) is 10.0. The van der Waals surface area contributed by atoms with Gasteiger partial charge in [-0.05, 0) is 71.1 Å². The summed E-state index contributed by atoms with van der Waals surface area (Å²) in [6.45, 7) is 2.41. The van der Waals surface area contributed by atoms with Gasteiger partial charge in [-0.2, -0.15) is 0 Å². The highest BCUT2D eigenvalue weighted by atomic mass is 16.5. The molecule has 0 atom stereocenters. The lowest BCUT2D eigenvalue weighted by molar-refractivity contribution is 0.289. The van der Waals surface area contributed by atoms with Crippen LogP contribution in [0.25, 0.3) is 22.3 Å². The summed E-state index contributed by atoms with van der Waals surface area (Å²) in [5, 5.41) is 20.1. The van der Waals surface area contributed by atoms with Gasteiger partial charge in [0.2, 0.25) is 0 Å². The van der Waals surface area contributed by atoms with E-state index in [0.29, 0.717) is 12.4 Å². The van der Waals surface area contributed by atoms with Crippen LogP contribution in [0.2, 0.25) is 0 Å². The predicted molar refractivity (Wildman–Crippen MR) is 123 cm³/mol. The molecule has 31 heavy (non-hydrogen) atoms. The summed E-state index contributed by atoms with van der Waals surface area (Å²) < 4.78 is 11.4. The van der Waals surface area contributed by atoms with E-state index in [0.717, 1.165) is 39.1 Å². The quantitative estimate of drug-likeness (QED) is 0.389. The maximum atomic E-state index is 10.5. The van der Waals surface area contributed by atoms with Crippen LogP contribution in [0.15, 0.2) is 84.9 Å². The highest BCUT2D eigenvalue weighted by Gasteiger charge is 2.13. The second-order valence-electron chi connectivity index (χ2n) is 7.37. The van der Waals surface area contributed by atoms with Gasteiger partial charge in [-0.25, -0.2) is 0 Å². The van der Waals surface area contributed by atoms with E-state index in [-0.39, 0.29) is 11.5 Å². The van der Waals surface area contributed by atoms with Crippen LogP contribution in [-0.2, 0) is 6.61 Å². The van der Waals surface area contributed by atoms with E-state index in [9.17, 15) is 10.2 Å². The Kier molecular flexibility index (Phi) is 5.80. The summed E-state index contributed by atoms with van der Waals surface area (Å²) in [5.41, 5.74) is 5.81. The lowest BCUT2D eigenvalue weighted by Crippen LogP contribution is -1.96. The Bertz CT molecular complexity index is 1180. The van der Waals surface area contributed by atoms with Crippen LogP contribution in [0, 0.1) is 6.92 Å². The first kappa shape index (κ1) is 20.4. The molecule has 4 rings (SSSR count). The maximum absolute atomic E-state index is 10.5. The van der Waals surface area contributed by atoms with Crippen LogP contribution in [0.1, 0.15) is 11.1 Å². The van der Waals surface area contributed by atoms with E-state index >= 15 is 0 Å². The minimum absolute atomic E-state index is 0.0920. The first-order chi connectivity index (χ1) is 15.0. The van der Waals surface area contributed by atoms with Crippen molar-refractivity contribution < 1.29 is 19.7 Å². The minimum atomic E-state index is 0.0920. The molecule has 0 bridgehead atoms. The van der Waals surface area contributed by atoms with Gasteiger partial charge in [0, 0.05) is 5.56 Å². The molecular weight excluding hydrogens is 388 g/mol. The number of methoxy groups -OCH3 is 1. The van der Waals surface area contributed by atoms with Gasteiger partial charge in [0.25, 0.3) is 0 Å². The molecule has 0 aliphatic carbocycles. The summed E-state index contributed by atoms with van der Waals surface area (Å²) in [7, 11) is 1.64. The van der Waals surface area contributed by atoms with Gasteiger partial charge < -0.3 is 19.7 Å². The third-order valence-electron chi connectivity index (χ3n) is 5.23. The van der Waals surface area contributed by atoms with Crippen molar-refractivity contribution in [1.82, 2.24) is 0 Å². The molecule has 0 fully saturated rings. The monoisotopic (exact) mass is 412 g/mol. The van der Waals surface area contributed by atoms with Gasteiger partial charge in [0.1, 0.15) is 18.1 Å². The SMILES string of the molecule is COc1cc(-c2ccc(OCc3ccccc3)c(O)c2)c(C)cc1-c1ccc(O)cc1. The van der Waals surface area contributed by atoms with Crippen LogP contribution >= 0.6 is 0 Å². The highest BCUT2D eigenvalue weighted by Crippen LogP contribution is 2.39. The van der Waals surface area contributed by atoms with Gasteiger partial charge in [-0.1, -0.05) is 48.5 Å². The van der Waals surface area contributed by atoms with Crippen molar-refractivity contribution in [2.75, 3.05) is 7.11 Å². The largest absolute Gasteiger partial charge is 0.508 e. The Balaban J connectivity index is 1.63. The van der Waals surface area contributed by atoms with Crippen molar-refractivity contribution in [3.63, 3.8) is 0 Å². The molecule has 0 saturated carbocycles. The summed E-state index contributed by atoms with van der Waals surface area (Å²) >= 11 is 0. The number of aryl methyl sites for hydroxylation is 1. The summed E-state index contributed by atoms with van der Waals surface area (Å²) in [4.78, 5) is 0. The average molecular weight is 412 g/mol. The van der Waals surface area contributed by atoms with Crippen LogP contribution in [0.5, 0.6) is 23.0 Å². The number of aromatic hydroxyl groups is 2. The van der Waals surface area contributed by atoms with Crippen LogP contribution in [-0.4, -0.2) is 17.3 Å². The molecule has 4 heteroatoms. The van der Waals surface area contributed by atoms with Gasteiger partial charge in [-0.3, -0.25) is 0 Å². The van der Waals surface area contributed by atoms with Crippen LogP contribution < -0.4 is 9.47 Å². The Morgan fingerprint density at radius 3 is 2.10 bits per heavy atom. The van der Waals surface area contributed by atoms with Crippen molar-refractivity contribution in [3.05, 3.63) is 96.1 Å². The zero-order valence-electron chi connectivity index (χ0n) is 17.5. The summed E-state index contributed by atoms with van der Waals surface area (Å²) in [6.07, 6.45) is 0. The molecular formula is C27H24O4. The number of phenolic OH excluding ortho intramolecular Hbond substituents is 2. The third-order valence-corrected chi connectivity index (χ3v) is 5.23. The van der Waals surface area contributed by atoms with E-state index in [4.69, 9.17) is 9.47 Å². The molecule has 0 unspecified atom stereocenters. The fraction of sp³-hybridized carbons (Fsp3) is 0.111. The van der Waals surface area contributed by atoms with Crippen molar-refractivity contribution in [2.45, 2.75) is 13.5 Å². The lowest BCUT2D eigenvalue weighted by Gasteiger charge is -2.15. The van der Waals surface area contributed by atoms with Crippen molar-refractivity contribution in [1.29, 1.82) is 0 Å². The number of hydrogen-bond donors (Lipinski definition) is 2. The Morgan fingerprint density at radius 2 is 1.42 bits per heavy atom. The number of benzene rings is 4. The smallest absolute Gasteiger partial charge is 0.161 e. The normalized spacial score (nSPS) is 10.6. The molecule has 0 amide bonds.